The van der Waals surface area contributed by atoms with E-state index < -0.39 is 0 Å². The lowest BCUT2D eigenvalue weighted by Gasteiger charge is -2.23. The van der Waals surface area contributed by atoms with E-state index >= 15 is 0 Å². The van der Waals surface area contributed by atoms with Crippen LogP contribution in [0.15, 0.2) is 18.2 Å². The van der Waals surface area contributed by atoms with Crippen LogP contribution in [0.3, 0.4) is 0 Å². The summed E-state index contributed by atoms with van der Waals surface area (Å²) in [5.41, 5.74) is 8.11. The number of halogens is 1. The van der Waals surface area contributed by atoms with Crippen LogP contribution in [0, 0.1) is 5.82 Å². The molecule has 1 aliphatic rings. The summed E-state index contributed by atoms with van der Waals surface area (Å²) in [5.74, 6) is -0.158. The molecule has 1 aromatic rings. The Bertz CT molecular complexity index is 365. The maximum atomic E-state index is 13.2. The number of hydrogen-bond donors (Lipinski definition) is 1. The number of rotatable bonds is 4. The minimum atomic E-state index is -0.158. The molecule has 2 N–H and O–H groups in total. The first-order valence-electron chi connectivity index (χ1n) is 5.98. The van der Waals surface area contributed by atoms with Crippen LogP contribution >= 0.6 is 0 Å². The van der Waals surface area contributed by atoms with Crippen LogP contribution in [0.5, 0.6) is 0 Å². The number of unbranched alkanes of at least 4 members (excludes halogenated alkanes) is 1. The van der Waals surface area contributed by atoms with Crippen molar-refractivity contribution < 1.29 is 4.39 Å². The van der Waals surface area contributed by atoms with Gasteiger partial charge in [-0.15, -0.1) is 0 Å². The van der Waals surface area contributed by atoms with Crippen LogP contribution in [0.25, 0.3) is 0 Å². The van der Waals surface area contributed by atoms with E-state index in [-0.39, 0.29) is 11.9 Å². The number of hydrogen-bond acceptors (Lipinski definition) is 2. The number of nitrogens with zero attached hydrogens (tertiary/aromatic N) is 1. The molecule has 1 heterocycles. The van der Waals surface area contributed by atoms with Crippen molar-refractivity contribution in [2.75, 3.05) is 13.1 Å². The Labute approximate surface area is 96.2 Å². The van der Waals surface area contributed by atoms with E-state index in [1.165, 1.54) is 24.5 Å². The van der Waals surface area contributed by atoms with E-state index in [0.717, 1.165) is 18.7 Å². The molecule has 88 valence electrons. The van der Waals surface area contributed by atoms with Crippen LogP contribution in [-0.2, 0) is 6.54 Å². The van der Waals surface area contributed by atoms with Crippen LogP contribution in [0.1, 0.15) is 36.9 Å². The van der Waals surface area contributed by atoms with Crippen LogP contribution < -0.4 is 5.73 Å². The van der Waals surface area contributed by atoms with Gasteiger partial charge in [0, 0.05) is 19.1 Å². The molecule has 0 radical (unpaired) electrons. The predicted octanol–water partition coefficient (Wildman–Crippen LogP) is 2.44. The van der Waals surface area contributed by atoms with E-state index in [0.29, 0.717) is 6.54 Å². The average Bonchev–Trinajstić information content (AvgIpc) is 2.63. The first-order valence-corrected chi connectivity index (χ1v) is 5.98. The highest BCUT2D eigenvalue weighted by atomic mass is 19.1. The summed E-state index contributed by atoms with van der Waals surface area (Å²) in [6, 6.07) is 5.27. The van der Waals surface area contributed by atoms with Gasteiger partial charge in [-0.2, -0.15) is 0 Å². The maximum Gasteiger partial charge on any atom is 0.123 e. The monoisotopic (exact) mass is 222 g/mol. The summed E-state index contributed by atoms with van der Waals surface area (Å²) in [6.07, 6.45) is 2.35. The molecule has 1 aliphatic heterocycles. The van der Waals surface area contributed by atoms with Crippen molar-refractivity contribution in [1.82, 2.24) is 4.90 Å². The lowest BCUT2D eigenvalue weighted by molar-refractivity contribution is 0.216. The zero-order valence-corrected chi connectivity index (χ0v) is 9.75. The summed E-state index contributed by atoms with van der Waals surface area (Å²) in [6.45, 7) is 4.71. The fourth-order valence-corrected chi connectivity index (χ4v) is 2.42. The van der Waals surface area contributed by atoms with Gasteiger partial charge in [0.1, 0.15) is 5.82 Å². The van der Waals surface area contributed by atoms with Gasteiger partial charge in [-0.3, -0.25) is 4.90 Å². The van der Waals surface area contributed by atoms with Crippen molar-refractivity contribution in [2.45, 2.75) is 32.4 Å². The molecule has 0 spiro atoms. The molecule has 0 aliphatic carbocycles. The molecule has 0 bridgehead atoms. The summed E-state index contributed by atoms with van der Waals surface area (Å²) in [5, 5.41) is 0. The highest BCUT2D eigenvalue weighted by molar-refractivity contribution is 5.34. The zero-order valence-electron chi connectivity index (χ0n) is 9.75. The SMILES string of the molecule is CCCCN1Cc2ccc(F)cc2C1CN. The van der Waals surface area contributed by atoms with E-state index in [1.54, 1.807) is 6.07 Å². The molecule has 1 atom stereocenters. The van der Waals surface area contributed by atoms with Gasteiger partial charge in [-0.1, -0.05) is 19.4 Å². The molecule has 0 saturated heterocycles. The second-order valence-corrected chi connectivity index (χ2v) is 4.42. The van der Waals surface area contributed by atoms with Crippen molar-refractivity contribution >= 4 is 0 Å². The first-order chi connectivity index (χ1) is 7.76. The number of nitrogens with two attached hydrogens (primary N) is 1. The smallest absolute Gasteiger partial charge is 0.123 e. The zero-order chi connectivity index (χ0) is 11.5. The van der Waals surface area contributed by atoms with Gasteiger partial charge in [0.2, 0.25) is 0 Å². The van der Waals surface area contributed by atoms with Gasteiger partial charge in [0.05, 0.1) is 0 Å². The van der Waals surface area contributed by atoms with Crippen molar-refractivity contribution in [1.29, 1.82) is 0 Å². The van der Waals surface area contributed by atoms with Crippen LogP contribution in [0.4, 0.5) is 4.39 Å². The lowest BCUT2D eigenvalue weighted by atomic mass is 10.0. The highest BCUT2D eigenvalue weighted by Gasteiger charge is 2.28. The lowest BCUT2D eigenvalue weighted by Crippen LogP contribution is -2.28. The average molecular weight is 222 g/mol. The van der Waals surface area contributed by atoms with Crippen LogP contribution in [0.2, 0.25) is 0 Å². The second kappa shape index (κ2) is 4.93. The van der Waals surface area contributed by atoms with Gasteiger partial charge in [-0.25, -0.2) is 4.39 Å². The Balaban J connectivity index is 2.19. The first kappa shape index (κ1) is 11.6. The summed E-state index contributed by atoms with van der Waals surface area (Å²) < 4.78 is 13.2. The maximum absolute atomic E-state index is 13.2. The summed E-state index contributed by atoms with van der Waals surface area (Å²) >= 11 is 0. The number of benzene rings is 1. The van der Waals surface area contributed by atoms with Gasteiger partial charge >= 0.3 is 0 Å². The largest absolute Gasteiger partial charge is 0.329 e. The van der Waals surface area contributed by atoms with Crippen molar-refractivity contribution in [3.8, 4) is 0 Å². The standard InChI is InChI=1S/C13H19FN2/c1-2-3-6-16-9-10-4-5-11(14)7-12(10)13(16)8-15/h4-5,7,13H,2-3,6,8-9,15H2,1H3. The van der Waals surface area contributed by atoms with E-state index in [9.17, 15) is 4.39 Å². The van der Waals surface area contributed by atoms with Crippen molar-refractivity contribution in [3.63, 3.8) is 0 Å². The van der Waals surface area contributed by atoms with Gasteiger partial charge in [0.15, 0.2) is 0 Å². The quantitative estimate of drug-likeness (QED) is 0.847. The van der Waals surface area contributed by atoms with Gasteiger partial charge in [0.25, 0.3) is 0 Å². The van der Waals surface area contributed by atoms with Gasteiger partial charge in [-0.05, 0) is 36.2 Å². The molecule has 0 fully saturated rings. The highest BCUT2D eigenvalue weighted by Crippen LogP contribution is 2.33. The van der Waals surface area contributed by atoms with E-state index in [2.05, 4.69) is 11.8 Å². The molecule has 0 aromatic heterocycles. The topological polar surface area (TPSA) is 29.3 Å². The Kier molecular flexibility index (Phi) is 3.56. The Morgan fingerprint density at radius 3 is 3.00 bits per heavy atom. The molecule has 16 heavy (non-hydrogen) atoms. The molecule has 2 nitrogen and oxygen atoms in total. The van der Waals surface area contributed by atoms with Crippen molar-refractivity contribution in [3.05, 3.63) is 35.1 Å². The second-order valence-electron chi connectivity index (χ2n) is 4.42. The number of fused-ring (bicyclic) bond motifs is 1. The molecule has 0 amide bonds. The third kappa shape index (κ3) is 2.11. The van der Waals surface area contributed by atoms with Gasteiger partial charge < -0.3 is 5.73 Å². The van der Waals surface area contributed by atoms with E-state index in [1.807, 2.05) is 6.07 Å². The normalized spacial score (nSPS) is 20.1. The molecular weight excluding hydrogens is 203 g/mol. The Morgan fingerprint density at radius 1 is 1.50 bits per heavy atom. The Morgan fingerprint density at radius 2 is 2.31 bits per heavy atom. The van der Waals surface area contributed by atoms with Crippen molar-refractivity contribution in [2.24, 2.45) is 5.73 Å². The van der Waals surface area contributed by atoms with Crippen LogP contribution in [-0.4, -0.2) is 18.0 Å². The minimum absolute atomic E-state index is 0.158. The fourth-order valence-electron chi connectivity index (χ4n) is 2.42. The molecule has 0 saturated carbocycles. The fraction of sp³-hybridized carbons (Fsp3) is 0.538. The molecule has 1 unspecified atom stereocenters. The summed E-state index contributed by atoms with van der Waals surface area (Å²) in [4.78, 5) is 2.35. The molecular formula is C13H19FN2. The molecule has 1 aromatic carbocycles. The third-order valence-electron chi connectivity index (χ3n) is 3.30. The minimum Gasteiger partial charge on any atom is -0.329 e. The summed E-state index contributed by atoms with van der Waals surface area (Å²) in [7, 11) is 0. The molecule has 3 heteroatoms. The molecule has 2 rings (SSSR count). The third-order valence-corrected chi connectivity index (χ3v) is 3.30. The predicted molar refractivity (Wildman–Crippen MR) is 63.5 cm³/mol. The van der Waals surface area contributed by atoms with E-state index in [4.69, 9.17) is 5.73 Å². The Hall–Kier alpha value is -0.930.